The van der Waals surface area contributed by atoms with Crippen LogP contribution in [0.3, 0.4) is 0 Å². The van der Waals surface area contributed by atoms with Gasteiger partial charge in [0, 0.05) is 32.7 Å². The van der Waals surface area contributed by atoms with Gasteiger partial charge in [-0.15, -0.1) is 0 Å². The van der Waals surface area contributed by atoms with E-state index in [1.54, 1.807) is 0 Å². The molecule has 0 spiro atoms. The molecule has 0 unspecified atom stereocenters. The Kier molecular flexibility index (Phi) is 8.71. The quantitative estimate of drug-likeness (QED) is 0.137. The molecule has 3 heterocycles. The van der Waals surface area contributed by atoms with Crippen molar-refractivity contribution in [1.29, 1.82) is 0 Å². The molecule has 0 radical (unpaired) electrons. The van der Waals surface area contributed by atoms with Crippen LogP contribution in [0.1, 0.15) is 11.1 Å². The fourth-order valence-electron chi connectivity index (χ4n) is 8.97. The average molecular weight is 770 g/mol. The van der Waals surface area contributed by atoms with Gasteiger partial charge in [-0.2, -0.15) is 0 Å². The molecule has 3 aromatic heterocycles. The van der Waals surface area contributed by atoms with Crippen LogP contribution in [0.25, 0.3) is 88.9 Å². The number of rotatable bonds is 9. The van der Waals surface area contributed by atoms with E-state index < -0.39 is 0 Å². The third-order valence-electron chi connectivity index (χ3n) is 11.7. The molecule has 0 fully saturated rings. The second-order valence-corrected chi connectivity index (χ2v) is 15.2. The van der Waals surface area contributed by atoms with Crippen LogP contribution >= 0.6 is 0 Å². The molecule has 284 valence electrons. The van der Waals surface area contributed by atoms with Gasteiger partial charge in [0.15, 0.2) is 0 Å². The third kappa shape index (κ3) is 5.98. The number of hydrogen-bond acceptors (Lipinski definition) is 3. The molecule has 11 rings (SSSR count). The van der Waals surface area contributed by atoms with Crippen LogP contribution in [0.15, 0.2) is 205 Å². The van der Waals surface area contributed by atoms with Gasteiger partial charge >= 0.3 is 0 Å². The lowest BCUT2D eigenvalue weighted by Crippen LogP contribution is -2.06. The molecular formula is C55H39N5. The van der Waals surface area contributed by atoms with Crippen LogP contribution in [0, 0.1) is 0 Å². The van der Waals surface area contributed by atoms with Crippen molar-refractivity contribution in [1.82, 2.24) is 19.1 Å². The first-order valence-electron chi connectivity index (χ1n) is 20.4. The Bertz CT molecular complexity index is 3330. The molecule has 0 aliphatic rings. The Morgan fingerprint density at radius 3 is 1.70 bits per heavy atom. The molecule has 0 aliphatic heterocycles. The second kappa shape index (κ2) is 14.8. The van der Waals surface area contributed by atoms with Gasteiger partial charge in [-0.3, -0.25) is 9.56 Å². The molecule has 0 bridgehead atoms. The van der Waals surface area contributed by atoms with E-state index in [1.165, 1.54) is 16.3 Å². The molecule has 0 aliphatic carbocycles. The minimum Gasteiger partial charge on any atom is -0.307 e. The maximum absolute atomic E-state index is 5.50. The smallest absolute Gasteiger partial charge is 0.235 e. The number of aryl methyl sites for hydroxylation is 2. The zero-order valence-corrected chi connectivity index (χ0v) is 32.9. The Hall–Kier alpha value is -7.89. The summed E-state index contributed by atoms with van der Waals surface area (Å²) in [7, 11) is 0. The lowest BCUT2D eigenvalue weighted by atomic mass is 9.99. The van der Waals surface area contributed by atoms with Crippen LogP contribution in [-0.2, 0) is 12.8 Å². The van der Waals surface area contributed by atoms with Crippen molar-refractivity contribution in [3.63, 3.8) is 0 Å². The Morgan fingerprint density at radius 1 is 0.433 bits per heavy atom. The fraction of sp³-hybridized carbons (Fsp3) is 0.0364. The maximum atomic E-state index is 5.50. The van der Waals surface area contributed by atoms with E-state index in [4.69, 9.17) is 15.0 Å². The first kappa shape index (κ1) is 35.3. The molecule has 8 aromatic carbocycles. The molecule has 5 heteroatoms. The van der Waals surface area contributed by atoms with Crippen LogP contribution in [-0.4, -0.2) is 25.8 Å². The highest BCUT2D eigenvalue weighted by Crippen LogP contribution is 2.44. The third-order valence-corrected chi connectivity index (χ3v) is 11.7. The van der Waals surface area contributed by atoms with E-state index in [2.05, 4.69) is 210 Å². The SMILES string of the molecule is C=Nc1c(CCc2ccccc2)ccc2c1c1cccc(-n3c4ccccc4c4ccccc43)c1n2-c1nc(-c2ccccc2)cc(-c2cccc(-c3ccccc3)c2)n1. The summed E-state index contributed by atoms with van der Waals surface area (Å²) >= 11 is 0. The summed E-state index contributed by atoms with van der Waals surface area (Å²) in [6, 6.07) is 70.7. The zero-order valence-electron chi connectivity index (χ0n) is 32.9. The van der Waals surface area contributed by atoms with Crippen molar-refractivity contribution in [2.24, 2.45) is 4.99 Å². The molecule has 0 atom stereocenters. The first-order valence-corrected chi connectivity index (χ1v) is 20.4. The molecule has 5 nitrogen and oxygen atoms in total. The zero-order chi connectivity index (χ0) is 40.0. The van der Waals surface area contributed by atoms with E-state index >= 15 is 0 Å². The van der Waals surface area contributed by atoms with Crippen molar-refractivity contribution in [2.75, 3.05) is 0 Å². The van der Waals surface area contributed by atoms with Gasteiger partial charge in [0.25, 0.3) is 0 Å². The molecule has 60 heavy (non-hydrogen) atoms. The van der Waals surface area contributed by atoms with Crippen LogP contribution in [0.2, 0.25) is 0 Å². The van der Waals surface area contributed by atoms with E-state index in [9.17, 15) is 0 Å². The number of nitrogens with zero attached hydrogens (tertiary/aromatic N) is 5. The summed E-state index contributed by atoms with van der Waals surface area (Å²) in [6.45, 7) is 4.18. The Morgan fingerprint density at radius 2 is 1.00 bits per heavy atom. The number of hydrogen-bond donors (Lipinski definition) is 0. The number of aliphatic imine (C=N–C) groups is 1. The van der Waals surface area contributed by atoms with Gasteiger partial charge in [0.1, 0.15) is 0 Å². The van der Waals surface area contributed by atoms with Gasteiger partial charge in [-0.25, -0.2) is 9.97 Å². The van der Waals surface area contributed by atoms with Crippen molar-refractivity contribution >= 4 is 56.0 Å². The topological polar surface area (TPSA) is 48.0 Å². The Balaban J connectivity index is 1.23. The van der Waals surface area contributed by atoms with Crippen LogP contribution in [0.5, 0.6) is 0 Å². The molecule has 11 aromatic rings. The summed E-state index contributed by atoms with van der Waals surface area (Å²) in [5.41, 5.74) is 14.6. The van der Waals surface area contributed by atoms with Crippen molar-refractivity contribution in [3.05, 3.63) is 211 Å². The Labute approximate surface area is 348 Å². The van der Waals surface area contributed by atoms with Crippen LogP contribution in [0.4, 0.5) is 5.69 Å². The minimum atomic E-state index is 0.580. The molecular weight excluding hydrogens is 731 g/mol. The predicted molar refractivity (Wildman–Crippen MR) is 250 cm³/mol. The molecule has 0 N–H and O–H groups in total. The van der Waals surface area contributed by atoms with E-state index in [0.29, 0.717) is 5.95 Å². The van der Waals surface area contributed by atoms with Crippen LogP contribution < -0.4 is 0 Å². The van der Waals surface area contributed by atoms with Crippen molar-refractivity contribution < 1.29 is 0 Å². The maximum Gasteiger partial charge on any atom is 0.235 e. The minimum absolute atomic E-state index is 0.580. The standard InChI is InChI=1S/C55H39N5/c1-56-53-40(32-31-37-17-5-2-6-18-37)33-34-50-52(53)45-27-16-30-51(59-48-28-13-11-25-43(48)44-26-12-14-29-49(44)59)54(45)60(50)55-57-46(39-21-9-4-10-22-39)36-47(58-55)42-24-15-23-41(35-42)38-19-7-3-8-20-38/h2-30,33-36H,1,31-32H2. The van der Waals surface area contributed by atoms with Gasteiger partial charge in [-0.05, 0) is 78.2 Å². The predicted octanol–water partition coefficient (Wildman–Crippen LogP) is 13.8. The monoisotopic (exact) mass is 769 g/mol. The highest BCUT2D eigenvalue weighted by molar-refractivity contribution is 6.18. The summed E-state index contributed by atoms with van der Waals surface area (Å²) in [4.78, 5) is 15.8. The number of para-hydroxylation sites is 3. The molecule has 0 saturated heterocycles. The highest BCUT2D eigenvalue weighted by atomic mass is 15.2. The summed E-state index contributed by atoms with van der Waals surface area (Å²) < 4.78 is 4.65. The van der Waals surface area contributed by atoms with E-state index in [0.717, 1.165) is 96.3 Å². The normalized spacial score (nSPS) is 11.5. The van der Waals surface area contributed by atoms with Crippen molar-refractivity contribution in [3.8, 4) is 45.3 Å². The van der Waals surface area contributed by atoms with Crippen molar-refractivity contribution in [2.45, 2.75) is 12.8 Å². The fourth-order valence-corrected chi connectivity index (χ4v) is 8.97. The lowest BCUT2D eigenvalue weighted by molar-refractivity contribution is 0.960. The van der Waals surface area contributed by atoms with Gasteiger partial charge in [0.05, 0.1) is 44.8 Å². The number of benzene rings is 8. The van der Waals surface area contributed by atoms with E-state index in [-0.39, 0.29) is 0 Å². The largest absolute Gasteiger partial charge is 0.307 e. The highest BCUT2D eigenvalue weighted by Gasteiger charge is 2.24. The van der Waals surface area contributed by atoms with Gasteiger partial charge in [0.2, 0.25) is 5.95 Å². The number of fused-ring (bicyclic) bond motifs is 6. The average Bonchev–Trinajstić information content (AvgIpc) is 3.85. The molecule has 0 amide bonds. The van der Waals surface area contributed by atoms with Gasteiger partial charge < -0.3 is 4.57 Å². The second-order valence-electron chi connectivity index (χ2n) is 15.2. The summed E-state index contributed by atoms with van der Waals surface area (Å²) in [5, 5.41) is 4.50. The van der Waals surface area contributed by atoms with E-state index in [1.807, 2.05) is 6.07 Å². The first-order chi connectivity index (χ1) is 29.7. The summed E-state index contributed by atoms with van der Waals surface area (Å²) in [6.07, 6.45) is 1.73. The summed E-state index contributed by atoms with van der Waals surface area (Å²) in [5.74, 6) is 0.580. The lowest BCUT2D eigenvalue weighted by Gasteiger charge is -2.15. The van der Waals surface area contributed by atoms with Gasteiger partial charge in [-0.1, -0.05) is 164 Å². The molecule has 0 saturated carbocycles. The number of aromatic nitrogens is 4.